The molecule has 1 amide bonds. The van der Waals surface area contributed by atoms with E-state index in [2.05, 4.69) is 67.7 Å². The lowest BCUT2D eigenvalue weighted by molar-refractivity contribution is -0.129. The molecule has 1 saturated heterocycles. The summed E-state index contributed by atoms with van der Waals surface area (Å²) >= 11 is 0. The number of carbonyl (C=O) groups is 1. The second kappa shape index (κ2) is 8.19. The van der Waals surface area contributed by atoms with Crippen LogP contribution in [0.25, 0.3) is 0 Å². The maximum absolute atomic E-state index is 12.2. The Morgan fingerprint density at radius 1 is 0.960 bits per heavy atom. The molecular formula is C22H28N2O. The normalized spacial score (nSPS) is 14.1. The van der Waals surface area contributed by atoms with E-state index in [0.717, 1.165) is 43.7 Å². The predicted octanol–water partition coefficient (Wildman–Crippen LogP) is 4.59. The van der Waals surface area contributed by atoms with Crippen LogP contribution in [-0.2, 0) is 17.8 Å². The van der Waals surface area contributed by atoms with Crippen LogP contribution >= 0.6 is 0 Å². The molecule has 1 aliphatic heterocycles. The first-order valence-electron chi connectivity index (χ1n) is 9.31. The molecule has 0 radical (unpaired) electrons. The van der Waals surface area contributed by atoms with Crippen LogP contribution < -0.4 is 5.32 Å². The summed E-state index contributed by atoms with van der Waals surface area (Å²) in [6, 6.07) is 17.0. The molecule has 1 heterocycles. The lowest BCUT2D eigenvalue weighted by Crippen LogP contribution is -2.29. The van der Waals surface area contributed by atoms with Gasteiger partial charge in [0.2, 0.25) is 5.91 Å². The van der Waals surface area contributed by atoms with Crippen LogP contribution in [0.3, 0.4) is 0 Å². The minimum Gasteiger partial charge on any atom is -0.381 e. The number of hydrogen-bond donors (Lipinski definition) is 1. The Hall–Kier alpha value is -2.29. The van der Waals surface area contributed by atoms with Crippen molar-refractivity contribution in [3.8, 4) is 0 Å². The van der Waals surface area contributed by atoms with Crippen molar-refractivity contribution in [2.45, 2.75) is 45.6 Å². The number of amides is 1. The lowest BCUT2D eigenvalue weighted by atomic mass is 10.0. The Morgan fingerprint density at radius 3 is 2.16 bits per heavy atom. The Bertz CT molecular complexity index is 683. The van der Waals surface area contributed by atoms with Crippen molar-refractivity contribution in [3.05, 3.63) is 65.2 Å². The second-order valence-corrected chi connectivity index (χ2v) is 7.21. The first-order chi connectivity index (χ1) is 12.1. The van der Waals surface area contributed by atoms with Crippen molar-refractivity contribution in [2.75, 3.05) is 18.4 Å². The highest BCUT2D eigenvalue weighted by molar-refractivity contribution is 5.79. The fraction of sp³-hybridized carbons (Fsp3) is 0.409. The van der Waals surface area contributed by atoms with E-state index in [1.165, 1.54) is 11.1 Å². The van der Waals surface area contributed by atoms with Crippen molar-refractivity contribution in [2.24, 2.45) is 0 Å². The van der Waals surface area contributed by atoms with Crippen LogP contribution in [0, 0.1) is 0 Å². The second-order valence-electron chi connectivity index (χ2n) is 7.21. The van der Waals surface area contributed by atoms with E-state index in [0.29, 0.717) is 12.3 Å². The quantitative estimate of drug-likeness (QED) is 0.837. The smallest absolute Gasteiger partial charge is 0.226 e. The van der Waals surface area contributed by atoms with Crippen molar-refractivity contribution < 1.29 is 4.79 Å². The zero-order valence-electron chi connectivity index (χ0n) is 15.3. The van der Waals surface area contributed by atoms with Gasteiger partial charge in [-0.05, 0) is 47.6 Å². The number of likely N-dealkylation sites (tertiary alicyclic amines) is 1. The minimum absolute atomic E-state index is 0.253. The summed E-state index contributed by atoms with van der Waals surface area (Å²) < 4.78 is 0. The first kappa shape index (κ1) is 17.5. The summed E-state index contributed by atoms with van der Waals surface area (Å²) in [6.45, 7) is 7.08. The molecule has 0 atom stereocenters. The highest BCUT2D eigenvalue weighted by atomic mass is 16.2. The minimum atomic E-state index is 0.253. The van der Waals surface area contributed by atoms with E-state index in [9.17, 15) is 4.79 Å². The summed E-state index contributed by atoms with van der Waals surface area (Å²) in [5, 5.41) is 3.45. The van der Waals surface area contributed by atoms with E-state index in [1.807, 2.05) is 4.90 Å². The van der Waals surface area contributed by atoms with Gasteiger partial charge in [0, 0.05) is 25.3 Å². The molecule has 0 saturated carbocycles. The van der Waals surface area contributed by atoms with Crippen LogP contribution in [0.5, 0.6) is 0 Å². The topological polar surface area (TPSA) is 32.3 Å². The lowest BCUT2D eigenvalue weighted by Gasteiger charge is -2.15. The Morgan fingerprint density at radius 2 is 1.56 bits per heavy atom. The number of anilines is 1. The van der Waals surface area contributed by atoms with Crippen LogP contribution in [0.4, 0.5) is 5.69 Å². The Balaban J connectivity index is 1.51. The number of nitrogens with zero attached hydrogens (tertiary/aromatic N) is 1. The fourth-order valence-corrected chi connectivity index (χ4v) is 3.22. The van der Waals surface area contributed by atoms with Gasteiger partial charge in [-0.15, -0.1) is 0 Å². The fourth-order valence-electron chi connectivity index (χ4n) is 3.22. The van der Waals surface area contributed by atoms with Gasteiger partial charge in [-0.3, -0.25) is 4.79 Å². The highest BCUT2D eigenvalue weighted by Gasteiger charge is 2.17. The molecule has 1 N–H and O–H groups in total. The van der Waals surface area contributed by atoms with Gasteiger partial charge in [0.25, 0.3) is 0 Å². The third-order valence-electron chi connectivity index (χ3n) is 4.91. The maximum Gasteiger partial charge on any atom is 0.226 e. The Labute approximate surface area is 151 Å². The third kappa shape index (κ3) is 4.85. The van der Waals surface area contributed by atoms with E-state index < -0.39 is 0 Å². The average Bonchev–Trinajstić information content (AvgIpc) is 3.16. The molecule has 0 aliphatic carbocycles. The molecule has 132 valence electrons. The maximum atomic E-state index is 12.2. The van der Waals surface area contributed by atoms with Gasteiger partial charge < -0.3 is 10.2 Å². The molecular weight excluding hydrogens is 308 g/mol. The molecule has 3 heteroatoms. The van der Waals surface area contributed by atoms with Gasteiger partial charge in [0.05, 0.1) is 6.42 Å². The van der Waals surface area contributed by atoms with Gasteiger partial charge in [0.15, 0.2) is 0 Å². The number of hydrogen-bond acceptors (Lipinski definition) is 2. The molecule has 0 aromatic heterocycles. The van der Waals surface area contributed by atoms with Crippen molar-refractivity contribution in [1.82, 2.24) is 4.90 Å². The summed E-state index contributed by atoms with van der Waals surface area (Å²) in [4.78, 5) is 14.2. The Kier molecular flexibility index (Phi) is 5.75. The molecule has 1 fully saturated rings. The molecule has 3 nitrogen and oxygen atoms in total. The van der Waals surface area contributed by atoms with Crippen molar-refractivity contribution in [3.63, 3.8) is 0 Å². The molecule has 2 aromatic carbocycles. The third-order valence-corrected chi connectivity index (χ3v) is 4.91. The van der Waals surface area contributed by atoms with Crippen molar-refractivity contribution in [1.29, 1.82) is 0 Å². The van der Waals surface area contributed by atoms with Gasteiger partial charge in [-0.2, -0.15) is 0 Å². The van der Waals surface area contributed by atoms with Crippen LogP contribution in [-0.4, -0.2) is 23.9 Å². The standard InChI is InChI=1S/C22H28N2O/c1-17(2)20-9-5-19(6-10-20)16-23-21-11-7-18(8-12-21)15-22(25)24-13-3-4-14-24/h5-12,17,23H,3-4,13-16H2,1-2H3. The number of benzene rings is 2. The average molecular weight is 336 g/mol. The van der Waals surface area contributed by atoms with Gasteiger partial charge >= 0.3 is 0 Å². The first-order valence-corrected chi connectivity index (χ1v) is 9.31. The van der Waals surface area contributed by atoms with Gasteiger partial charge in [0.1, 0.15) is 0 Å². The number of carbonyl (C=O) groups excluding carboxylic acids is 1. The number of nitrogens with one attached hydrogen (secondary N) is 1. The van der Waals surface area contributed by atoms with E-state index in [1.54, 1.807) is 0 Å². The summed E-state index contributed by atoms with van der Waals surface area (Å²) in [5.41, 5.74) is 4.82. The molecule has 3 rings (SSSR count). The van der Waals surface area contributed by atoms with Crippen molar-refractivity contribution >= 4 is 11.6 Å². The van der Waals surface area contributed by atoms with E-state index in [4.69, 9.17) is 0 Å². The van der Waals surface area contributed by atoms with E-state index >= 15 is 0 Å². The zero-order chi connectivity index (χ0) is 17.6. The highest BCUT2D eigenvalue weighted by Crippen LogP contribution is 2.17. The monoisotopic (exact) mass is 336 g/mol. The molecule has 0 bridgehead atoms. The zero-order valence-corrected chi connectivity index (χ0v) is 15.3. The van der Waals surface area contributed by atoms with Crippen LogP contribution in [0.15, 0.2) is 48.5 Å². The summed E-state index contributed by atoms with van der Waals surface area (Å²) in [7, 11) is 0. The van der Waals surface area contributed by atoms with Gasteiger partial charge in [-0.1, -0.05) is 50.2 Å². The SMILES string of the molecule is CC(C)c1ccc(CNc2ccc(CC(=O)N3CCCC3)cc2)cc1. The molecule has 1 aliphatic rings. The summed E-state index contributed by atoms with van der Waals surface area (Å²) in [6.07, 6.45) is 2.80. The van der Waals surface area contributed by atoms with Crippen LogP contribution in [0.2, 0.25) is 0 Å². The van der Waals surface area contributed by atoms with Gasteiger partial charge in [-0.25, -0.2) is 0 Å². The van der Waals surface area contributed by atoms with Crippen LogP contribution in [0.1, 0.15) is 49.3 Å². The largest absolute Gasteiger partial charge is 0.381 e. The number of rotatable bonds is 6. The predicted molar refractivity (Wildman–Crippen MR) is 104 cm³/mol. The molecule has 0 spiro atoms. The molecule has 0 unspecified atom stereocenters. The summed E-state index contributed by atoms with van der Waals surface area (Å²) in [5.74, 6) is 0.821. The van der Waals surface area contributed by atoms with E-state index in [-0.39, 0.29) is 5.91 Å². The molecule has 2 aromatic rings. The molecule has 25 heavy (non-hydrogen) atoms.